The third kappa shape index (κ3) is 4.22. The number of piperidine rings is 1. The van der Waals surface area contributed by atoms with Gasteiger partial charge in [0.2, 0.25) is 0 Å². The lowest BCUT2D eigenvalue weighted by Gasteiger charge is -2.47. The summed E-state index contributed by atoms with van der Waals surface area (Å²) in [5.74, 6) is 1.86. The van der Waals surface area contributed by atoms with Crippen molar-refractivity contribution in [3.63, 3.8) is 0 Å². The molecule has 1 N–H and O–H groups in total. The molecule has 0 radical (unpaired) electrons. The van der Waals surface area contributed by atoms with Gasteiger partial charge in [-0.15, -0.1) is 0 Å². The predicted octanol–water partition coefficient (Wildman–Crippen LogP) is 4.06. The highest BCUT2D eigenvalue weighted by Crippen LogP contribution is 2.41. The molecule has 3 rings (SSSR count). The van der Waals surface area contributed by atoms with Gasteiger partial charge in [0.1, 0.15) is 0 Å². The number of nitrogens with one attached hydrogen (secondary N) is 1. The normalized spacial score (nSPS) is 42.1. The second-order valence-corrected chi connectivity index (χ2v) is 8.81. The van der Waals surface area contributed by atoms with Gasteiger partial charge in [-0.25, -0.2) is 0 Å². The van der Waals surface area contributed by atoms with Gasteiger partial charge in [-0.2, -0.15) is 0 Å². The fraction of sp³-hybridized carbons (Fsp3) is 1.00. The minimum atomic E-state index is 0.565. The first-order valence-corrected chi connectivity index (χ1v) is 9.54. The highest BCUT2D eigenvalue weighted by Gasteiger charge is 2.39. The summed E-state index contributed by atoms with van der Waals surface area (Å²) >= 11 is 0. The minimum absolute atomic E-state index is 0.565. The first kappa shape index (κ1) is 15.8. The summed E-state index contributed by atoms with van der Waals surface area (Å²) in [6, 6.07) is 1.65. The lowest BCUT2D eigenvalue weighted by molar-refractivity contribution is 0.0359. The van der Waals surface area contributed by atoms with Crippen LogP contribution in [0.15, 0.2) is 0 Å². The van der Waals surface area contributed by atoms with Crippen molar-refractivity contribution in [2.24, 2.45) is 17.3 Å². The van der Waals surface area contributed by atoms with Crippen LogP contribution in [0.5, 0.6) is 0 Å². The summed E-state index contributed by atoms with van der Waals surface area (Å²) in [5, 5.41) is 3.87. The maximum Gasteiger partial charge on any atom is 0.00697 e. The van der Waals surface area contributed by atoms with E-state index in [-0.39, 0.29) is 0 Å². The molecule has 2 saturated carbocycles. The highest BCUT2D eigenvalue weighted by molar-refractivity contribution is 4.94. The molecular weight excluding hydrogens is 256 g/mol. The molecule has 122 valence electrons. The van der Waals surface area contributed by atoms with E-state index < -0.39 is 0 Å². The van der Waals surface area contributed by atoms with Crippen LogP contribution < -0.4 is 5.32 Å². The van der Waals surface area contributed by atoms with Crippen LogP contribution in [-0.4, -0.2) is 36.6 Å². The Kier molecular flexibility index (Phi) is 4.95. The van der Waals surface area contributed by atoms with Crippen LogP contribution >= 0.6 is 0 Å². The van der Waals surface area contributed by atoms with Gasteiger partial charge in [0, 0.05) is 25.2 Å². The lowest BCUT2D eigenvalue weighted by atomic mass is 9.69. The first-order valence-electron chi connectivity index (χ1n) is 9.54. The molecule has 0 aromatic heterocycles. The van der Waals surface area contributed by atoms with Crippen LogP contribution in [0.25, 0.3) is 0 Å². The Morgan fingerprint density at radius 1 is 1.05 bits per heavy atom. The molecule has 3 aliphatic rings. The van der Waals surface area contributed by atoms with Crippen molar-refractivity contribution in [3.8, 4) is 0 Å². The number of hydrogen-bond donors (Lipinski definition) is 1. The van der Waals surface area contributed by atoms with E-state index in [0.29, 0.717) is 5.41 Å². The molecule has 0 amide bonds. The van der Waals surface area contributed by atoms with E-state index in [0.717, 1.165) is 23.9 Å². The summed E-state index contributed by atoms with van der Waals surface area (Å²) < 4.78 is 0. The molecule has 4 atom stereocenters. The fourth-order valence-electron chi connectivity index (χ4n) is 4.90. The maximum atomic E-state index is 3.87. The SMILES string of the molecule is CC1CCN(CC2(CNC3CC3)CCCC(C)C2)C(C)C1. The molecule has 3 fully saturated rings. The van der Waals surface area contributed by atoms with Gasteiger partial charge in [-0.1, -0.05) is 26.7 Å². The second-order valence-electron chi connectivity index (χ2n) is 8.81. The Labute approximate surface area is 132 Å². The average molecular weight is 293 g/mol. The smallest absolute Gasteiger partial charge is 0.00697 e. The Hall–Kier alpha value is -0.0800. The third-order valence-corrected chi connectivity index (χ3v) is 6.34. The van der Waals surface area contributed by atoms with Gasteiger partial charge in [0.05, 0.1) is 0 Å². The first-order chi connectivity index (χ1) is 10.1. The van der Waals surface area contributed by atoms with Crippen LogP contribution in [0, 0.1) is 17.3 Å². The summed E-state index contributed by atoms with van der Waals surface area (Å²) in [5.41, 5.74) is 0.565. The molecule has 0 spiro atoms. The molecule has 1 saturated heterocycles. The molecule has 2 aliphatic carbocycles. The number of nitrogens with zero attached hydrogens (tertiary/aromatic N) is 1. The molecular formula is C19H36N2. The van der Waals surface area contributed by atoms with Crippen molar-refractivity contribution in [2.45, 2.75) is 84.2 Å². The molecule has 0 aromatic rings. The van der Waals surface area contributed by atoms with Crippen molar-refractivity contribution < 1.29 is 0 Å². The zero-order valence-corrected chi connectivity index (χ0v) is 14.5. The van der Waals surface area contributed by atoms with E-state index in [1.54, 1.807) is 0 Å². The summed E-state index contributed by atoms with van der Waals surface area (Å²) in [6.07, 6.45) is 11.5. The molecule has 2 nitrogen and oxygen atoms in total. The van der Waals surface area contributed by atoms with E-state index in [1.807, 2.05) is 0 Å². The fourth-order valence-corrected chi connectivity index (χ4v) is 4.90. The quantitative estimate of drug-likeness (QED) is 0.822. The Morgan fingerprint density at radius 2 is 1.86 bits per heavy atom. The van der Waals surface area contributed by atoms with E-state index >= 15 is 0 Å². The van der Waals surface area contributed by atoms with E-state index in [9.17, 15) is 0 Å². The zero-order chi connectivity index (χ0) is 14.9. The largest absolute Gasteiger partial charge is 0.313 e. The predicted molar refractivity (Wildman–Crippen MR) is 90.5 cm³/mol. The highest BCUT2D eigenvalue weighted by atomic mass is 15.2. The van der Waals surface area contributed by atoms with Crippen LogP contribution in [0.2, 0.25) is 0 Å². The summed E-state index contributed by atoms with van der Waals surface area (Å²) in [7, 11) is 0. The number of rotatable bonds is 5. The van der Waals surface area contributed by atoms with Crippen molar-refractivity contribution in [2.75, 3.05) is 19.6 Å². The van der Waals surface area contributed by atoms with E-state index in [1.165, 1.54) is 71.0 Å². The Morgan fingerprint density at radius 3 is 2.52 bits per heavy atom. The van der Waals surface area contributed by atoms with Gasteiger partial charge in [0.15, 0.2) is 0 Å². The van der Waals surface area contributed by atoms with E-state index in [4.69, 9.17) is 0 Å². The van der Waals surface area contributed by atoms with Crippen LogP contribution in [0.1, 0.15) is 72.1 Å². The molecule has 2 heteroatoms. The van der Waals surface area contributed by atoms with Crippen LogP contribution in [-0.2, 0) is 0 Å². The molecule has 0 bridgehead atoms. The van der Waals surface area contributed by atoms with Gasteiger partial charge < -0.3 is 10.2 Å². The second kappa shape index (κ2) is 6.58. The molecule has 21 heavy (non-hydrogen) atoms. The standard InChI is InChI=1S/C19H36N2/c1-15-8-10-21(17(3)11-15)14-19(13-20-18-6-7-18)9-4-5-16(2)12-19/h15-18,20H,4-14H2,1-3H3. The number of likely N-dealkylation sites (tertiary alicyclic amines) is 1. The van der Waals surface area contributed by atoms with Crippen molar-refractivity contribution in [1.82, 2.24) is 10.2 Å². The molecule has 1 aliphatic heterocycles. The van der Waals surface area contributed by atoms with Crippen molar-refractivity contribution in [1.29, 1.82) is 0 Å². The minimum Gasteiger partial charge on any atom is -0.313 e. The van der Waals surface area contributed by atoms with Crippen molar-refractivity contribution in [3.05, 3.63) is 0 Å². The van der Waals surface area contributed by atoms with Crippen LogP contribution in [0.4, 0.5) is 0 Å². The Bertz CT molecular complexity index is 338. The summed E-state index contributed by atoms with van der Waals surface area (Å²) in [4.78, 5) is 2.83. The van der Waals surface area contributed by atoms with Crippen molar-refractivity contribution >= 4 is 0 Å². The summed E-state index contributed by atoms with van der Waals surface area (Å²) in [6.45, 7) is 11.3. The number of hydrogen-bond acceptors (Lipinski definition) is 2. The maximum absolute atomic E-state index is 3.87. The monoisotopic (exact) mass is 292 g/mol. The van der Waals surface area contributed by atoms with Gasteiger partial charge in [-0.05, 0) is 69.2 Å². The molecule has 0 aromatic carbocycles. The lowest BCUT2D eigenvalue weighted by Crippen LogP contribution is -2.51. The topological polar surface area (TPSA) is 15.3 Å². The third-order valence-electron chi connectivity index (χ3n) is 6.34. The Balaban J connectivity index is 1.62. The van der Waals surface area contributed by atoms with Gasteiger partial charge in [0.25, 0.3) is 0 Å². The average Bonchev–Trinajstić information content (AvgIpc) is 3.24. The molecule has 1 heterocycles. The van der Waals surface area contributed by atoms with Crippen LogP contribution in [0.3, 0.4) is 0 Å². The zero-order valence-electron chi connectivity index (χ0n) is 14.5. The van der Waals surface area contributed by atoms with E-state index in [2.05, 4.69) is 31.0 Å². The van der Waals surface area contributed by atoms with Gasteiger partial charge >= 0.3 is 0 Å². The van der Waals surface area contributed by atoms with Gasteiger partial charge in [-0.3, -0.25) is 0 Å². The molecule has 4 unspecified atom stereocenters.